The minimum atomic E-state index is 0.0879. The van der Waals surface area contributed by atoms with Crippen molar-refractivity contribution in [2.75, 3.05) is 6.61 Å². The lowest BCUT2D eigenvalue weighted by Gasteiger charge is -2.11. The Morgan fingerprint density at radius 1 is 1.38 bits per heavy atom. The summed E-state index contributed by atoms with van der Waals surface area (Å²) < 4.78 is 5.56. The third-order valence-electron chi connectivity index (χ3n) is 1.86. The molecule has 0 unspecified atom stereocenters. The van der Waals surface area contributed by atoms with Crippen molar-refractivity contribution >= 4 is 0 Å². The molecule has 0 aliphatic heterocycles. The standard InChI is InChI=1S/C11H17NO/c1-3-10-6-4-5-7-11(10)13-8-9(2)12/h4-7,9H,3,8,12H2,1-2H3/t9-/m1/s1. The molecule has 0 heterocycles. The molecule has 2 nitrogen and oxygen atoms in total. The van der Waals surface area contributed by atoms with Gasteiger partial charge in [-0.3, -0.25) is 0 Å². The number of hydrogen-bond acceptors (Lipinski definition) is 2. The molecule has 13 heavy (non-hydrogen) atoms. The van der Waals surface area contributed by atoms with E-state index in [2.05, 4.69) is 13.0 Å². The second-order valence-corrected chi connectivity index (χ2v) is 3.25. The zero-order valence-corrected chi connectivity index (χ0v) is 8.29. The van der Waals surface area contributed by atoms with Gasteiger partial charge < -0.3 is 10.5 Å². The molecule has 1 aromatic carbocycles. The monoisotopic (exact) mass is 179 g/mol. The molecule has 0 aliphatic rings. The Bertz CT molecular complexity index is 258. The van der Waals surface area contributed by atoms with Gasteiger partial charge in [-0.2, -0.15) is 0 Å². The molecular weight excluding hydrogens is 162 g/mol. The molecule has 72 valence electrons. The van der Waals surface area contributed by atoms with Gasteiger partial charge in [0.1, 0.15) is 12.4 Å². The van der Waals surface area contributed by atoms with E-state index >= 15 is 0 Å². The lowest BCUT2D eigenvalue weighted by molar-refractivity contribution is 0.293. The molecule has 2 heteroatoms. The molecule has 2 N–H and O–H groups in total. The van der Waals surface area contributed by atoms with Crippen molar-refractivity contribution in [2.24, 2.45) is 5.73 Å². The predicted molar refractivity (Wildman–Crippen MR) is 55.0 cm³/mol. The molecule has 1 aromatic rings. The number of rotatable bonds is 4. The van der Waals surface area contributed by atoms with E-state index in [0.717, 1.165) is 12.2 Å². The Hall–Kier alpha value is -1.02. The Kier molecular flexibility index (Phi) is 3.77. The summed E-state index contributed by atoms with van der Waals surface area (Å²) in [5.41, 5.74) is 6.85. The first kappa shape index (κ1) is 10.1. The fraction of sp³-hybridized carbons (Fsp3) is 0.455. The fourth-order valence-corrected chi connectivity index (χ4v) is 1.16. The number of para-hydroxylation sites is 1. The molecule has 0 aromatic heterocycles. The van der Waals surface area contributed by atoms with Crippen LogP contribution in [0.5, 0.6) is 5.75 Å². The number of hydrogen-bond donors (Lipinski definition) is 1. The van der Waals surface area contributed by atoms with Crippen molar-refractivity contribution < 1.29 is 4.74 Å². The van der Waals surface area contributed by atoms with Gasteiger partial charge in [0.15, 0.2) is 0 Å². The van der Waals surface area contributed by atoms with E-state index in [1.165, 1.54) is 5.56 Å². The zero-order valence-electron chi connectivity index (χ0n) is 8.29. The average Bonchev–Trinajstić information content (AvgIpc) is 2.15. The van der Waals surface area contributed by atoms with Gasteiger partial charge in [-0.25, -0.2) is 0 Å². The highest BCUT2D eigenvalue weighted by atomic mass is 16.5. The zero-order chi connectivity index (χ0) is 9.68. The summed E-state index contributed by atoms with van der Waals surface area (Å²) in [5.74, 6) is 0.960. The van der Waals surface area contributed by atoms with Crippen LogP contribution in [-0.4, -0.2) is 12.6 Å². The van der Waals surface area contributed by atoms with Crippen LogP contribution in [0.2, 0.25) is 0 Å². The maximum atomic E-state index is 5.61. The summed E-state index contributed by atoms with van der Waals surface area (Å²) in [7, 11) is 0. The second kappa shape index (κ2) is 4.87. The van der Waals surface area contributed by atoms with Crippen LogP contribution in [0.4, 0.5) is 0 Å². The van der Waals surface area contributed by atoms with Gasteiger partial charge in [-0.05, 0) is 25.0 Å². The van der Waals surface area contributed by atoms with Crippen molar-refractivity contribution in [3.8, 4) is 5.75 Å². The molecule has 0 aliphatic carbocycles. The minimum Gasteiger partial charge on any atom is -0.492 e. The van der Waals surface area contributed by atoms with Crippen LogP contribution in [0.15, 0.2) is 24.3 Å². The summed E-state index contributed by atoms with van der Waals surface area (Å²) in [5, 5.41) is 0. The van der Waals surface area contributed by atoms with Crippen molar-refractivity contribution in [3.63, 3.8) is 0 Å². The molecule has 1 atom stereocenters. The number of nitrogens with two attached hydrogens (primary N) is 1. The Morgan fingerprint density at radius 3 is 2.69 bits per heavy atom. The smallest absolute Gasteiger partial charge is 0.122 e. The van der Waals surface area contributed by atoms with Crippen LogP contribution in [-0.2, 0) is 6.42 Å². The highest BCUT2D eigenvalue weighted by molar-refractivity contribution is 5.33. The lowest BCUT2D eigenvalue weighted by Crippen LogP contribution is -2.23. The van der Waals surface area contributed by atoms with E-state index < -0.39 is 0 Å². The number of benzene rings is 1. The fourth-order valence-electron chi connectivity index (χ4n) is 1.16. The maximum Gasteiger partial charge on any atom is 0.122 e. The van der Waals surface area contributed by atoms with Gasteiger partial charge in [0.25, 0.3) is 0 Å². The van der Waals surface area contributed by atoms with E-state index in [0.29, 0.717) is 6.61 Å². The van der Waals surface area contributed by atoms with Crippen LogP contribution in [0.25, 0.3) is 0 Å². The van der Waals surface area contributed by atoms with Crippen LogP contribution in [0.3, 0.4) is 0 Å². The molecule has 0 saturated heterocycles. The van der Waals surface area contributed by atoms with Crippen molar-refractivity contribution in [3.05, 3.63) is 29.8 Å². The van der Waals surface area contributed by atoms with Gasteiger partial charge in [0.05, 0.1) is 0 Å². The highest BCUT2D eigenvalue weighted by Crippen LogP contribution is 2.17. The van der Waals surface area contributed by atoms with Gasteiger partial charge >= 0.3 is 0 Å². The van der Waals surface area contributed by atoms with E-state index in [4.69, 9.17) is 10.5 Å². The molecule has 0 bridgehead atoms. The SMILES string of the molecule is CCc1ccccc1OC[C@@H](C)N. The van der Waals surface area contributed by atoms with Gasteiger partial charge in [-0.1, -0.05) is 25.1 Å². The van der Waals surface area contributed by atoms with Gasteiger partial charge in [0, 0.05) is 6.04 Å². The van der Waals surface area contributed by atoms with E-state index in [9.17, 15) is 0 Å². The first-order valence-corrected chi connectivity index (χ1v) is 4.70. The molecule has 0 fully saturated rings. The normalized spacial score (nSPS) is 12.5. The Balaban J connectivity index is 2.64. The first-order chi connectivity index (χ1) is 6.24. The summed E-state index contributed by atoms with van der Waals surface area (Å²) in [6.07, 6.45) is 0.995. The third kappa shape index (κ3) is 3.07. The van der Waals surface area contributed by atoms with Crippen LogP contribution < -0.4 is 10.5 Å². The molecule has 0 radical (unpaired) electrons. The van der Waals surface area contributed by atoms with E-state index in [1.807, 2.05) is 25.1 Å². The van der Waals surface area contributed by atoms with Crippen LogP contribution in [0.1, 0.15) is 19.4 Å². The maximum absolute atomic E-state index is 5.61. The summed E-state index contributed by atoms with van der Waals surface area (Å²) in [6.45, 7) is 4.64. The lowest BCUT2D eigenvalue weighted by atomic mass is 10.1. The van der Waals surface area contributed by atoms with Gasteiger partial charge in [0.2, 0.25) is 0 Å². The third-order valence-corrected chi connectivity index (χ3v) is 1.86. The minimum absolute atomic E-state index is 0.0879. The molecule has 0 spiro atoms. The van der Waals surface area contributed by atoms with Crippen LogP contribution >= 0.6 is 0 Å². The van der Waals surface area contributed by atoms with E-state index in [-0.39, 0.29) is 6.04 Å². The van der Waals surface area contributed by atoms with Crippen molar-refractivity contribution in [2.45, 2.75) is 26.3 Å². The first-order valence-electron chi connectivity index (χ1n) is 4.70. The predicted octanol–water partition coefficient (Wildman–Crippen LogP) is 1.97. The van der Waals surface area contributed by atoms with Crippen LogP contribution in [0, 0.1) is 0 Å². The number of ether oxygens (including phenoxy) is 1. The highest BCUT2D eigenvalue weighted by Gasteiger charge is 2.01. The summed E-state index contributed by atoms with van der Waals surface area (Å²) in [4.78, 5) is 0. The molecular formula is C11H17NO. The van der Waals surface area contributed by atoms with Crippen molar-refractivity contribution in [1.29, 1.82) is 0 Å². The quantitative estimate of drug-likeness (QED) is 0.767. The topological polar surface area (TPSA) is 35.2 Å². The number of aryl methyl sites for hydroxylation is 1. The summed E-state index contributed by atoms with van der Waals surface area (Å²) >= 11 is 0. The average molecular weight is 179 g/mol. The molecule has 1 rings (SSSR count). The van der Waals surface area contributed by atoms with Gasteiger partial charge in [-0.15, -0.1) is 0 Å². The van der Waals surface area contributed by atoms with Crippen molar-refractivity contribution in [1.82, 2.24) is 0 Å². The second-order valence-electron chi connectivity index (χ2n) is 3.25. The summed E-state index contributed by atoms with van der Waals surface area (Å²) in [6, 6.07) is 8.16. The molecule has 0 amide bonds. The molecule has 0 saturated carbocycles. The Morgan fingerprint density at radius 2 is 2.08 bits per heavy atom. The Labute approximate surface area is 79.7 Å². The largest absolute Gasteiger partial charge is 0.492 e. The van der Waals surface area contributed by atoms with E-state index in [1.54, 1.807) is 0 Å².